The summed E-state index contributed by atoms with van der Waals surface area (Å²) >= 11 is 5.86. The van der Waals surface area contributed by atoms with E-state index in [0.717, 1.165) is 22.8 Å². The first kappa shape index (κ1) is 20.3. The molecule has 0 bridgehead atoms. The Balaban J connectivity index is 1.68. The molecule has 3 heterocycles. The molecule has 1 aliphatic heterocycles. The van der Waals surface area contributed by atoms with E-state index in [4.69, 9.17) is 12.2 Å². The number of pyridine rings is 1. The molecule has 32 heavy (non-hydrogen) atoms. The highest BCUT2D eigenvalue weighted by Gasteiger charge is 2.42. The van der Waals surface area contributed by atoms with Crippen molar-refractivity contribution in [2.45, 2.75) is 25.9 Å². The fourth-order valence-corrected chi connectivity index (χ4v) is 4.85. The Bertz CT molecular complexity index is 1250. The molecular weight excluding hydrogens is 416 g/mol. The zero-order valence-corrected chi connectivity index (χ0v) is 18.8. The van der Waals surface area contributed by atoms with Gasteiger partial charge < -0.3 is 19.9 Å². The molecule has 0 saturated carbocycles. The molecule has 2 aromatic carbocycles. The number of aromatic nitrogens is 2. The minimum Gasteiger partial charge on any atom is -0.508 e. The van der Waals surface area contributed by atoms with Crippen molar-refractivity contribution in [3.05, 3.63) is 108 Å². The number of aromatic hydroxyl groups is 1. The largest absolute Gasteiger partial charge is 0.508 e. The van der Waals surface area contributed by atoms with Crippen molar-refractivity contribution in [2.75, 3.05) is 4.90 Å². The summed E-state index contributed by atoms with van der Waals surface area (Å²) in [6.07, 6.45) is 3.86. The summed E-state index contributed by atoms with van der Waals surface area (Å²) in [5.41, 5.74) is 6.43. The van der Waals surface area contributed by atoms with Crippen LogP contribution in [0.5, 0.6) is 5.75 Å². The van der Waals surface area contributed by atoms with Crippen LogP contribution in [-0.2, 0) is 0 Å². The van der Waals surface area contributed by atoms with Crippen LogP contribution in [0.25, 0.3) is 5.69 Å². The third-order valence-corrected chi connectivity index (χ3v) is 6.11. The minimum absolute atomic E-state index is 0.109. The number of hydrogen-bond acceptors (Lipinski definition) is 3. The second kappa shape index (κ2) is 8.13. The lowest BCUT2D eigenvalue weighted by Crippen LogP contribution is -2.30. The van der Waals surface area contributed by atoms with Crippen LogP contribution in [0.3, 0.4) is 0 Å². The zero-order valence-electron chi connectivity index (χ0n) is 17.9. The monoisotopic (exact) mass is 440 g/mol. The Morgan fingerprint density at radius 1 is 0.906 bits per heavy atom. The molecule has 0 radical (unpaired) electrons. The predicted octanol–water partition coefficient (Wildman–Crippen LogP) is 5.37. The molecule has 1 fully saturated rings. The van der Waals surface area contributed by atoms with E-state index in [2.05, 4.69) is 57.9 Å². The summed E-state index contributed by atoms with van der Waals surface area (Å²) in [6.45, 7) is 4.21. The van der Waals surface area contributed by atoms with Gasteiger partial charge in [0.2, 0.25) is 0 Å². The predicted molar refractivity (Wildman–Crippen MR) is 131 cm³/mol. The van der Waals surface area contributed by atoms with Gasteiger partial charge in [0, 0.05) is 29.5 Å². The normalized spacial score (nSPS) is 18.1. The van der Waals surface area contributed by atoms with E-state index in [1.807, 2.05) is 48.8 Å². The van der Waals surface area contributed by atoms with Gasteiger partial charge in [-0.3, -0.25) is 4.98 Å². The van der Waals surface area contributed by atoms with Crippen molar-refractivity contribution in [3.63, 3.8) is 0 Å². The Morgan fingerprint density at radius 2 is 1.66 bits per heavy atom. The van der Waals surface area contributed by atoms with Crippen molar-refractivity contribution in [1.82, 2.24) is 14.9 Å². The number of thiocarbonyl (C=S) groups is 1. The van der Waals surface area contributed by atoms with Crippen LogP contribution in [0.1, 0.15) is 34.6 Å². The van der Waals surface area contributed by atoms with Crippen LogP contribution < -0.4 is 10.2 Å². The van der Waals surface area contributed by atoms with Crippen molar-refractivity contribution < 1.29 is 5.11 Å². The number of nitrogens with one attached hydrogen (secondary N) is 1. The Hall–Kier alpha value is -3.64. The highest BCUT2D eigenvalue weighted by atomic mass is 32.1. The molecule has 5 nitrogen and oxygen atoms in total. The molecule has 0 amide bonds. The number of nitrogens with zero attached hydrogens (tertiary/aromatic N) is 3. The summed E-state index contributed by atoms with van der Waals surface area (Å²) in [6, 6.07) is 23.6. The molecule has 5 rings (SSSR count). The molecule has 4 aromatic rings. The van der Waals surface area contributed by atoms with Gasteiger partial charge in [-0.1, -0.05) is 12.1 Å². The molecule has 160 valence electrons. The number of phenols is 1. The van der Waals surface area contributed by atoms with E-state index in [0.29, 0.717) is 5.11 Å². The maximum Gasteiger partial charge on any atom is 0.174 e. The number of phenolic OH excluding ortho intramolecular Hbond substituents is 1. The summed E-state index contributed by atoms with van der Waals surface area (Å²) in [5, 5.41) is 14.0. The van der Waals surface area contributed by atoms with E-state index in [1.54, 1.807) is 12.1 Å². The third kappa shape index (κ3) is 3.63. The molecule has 6 heteroatoms. The molecule has 0 aliphatic carbocycles. The maximum absolute atomic E-state index is 9.75. The van der Waals surface area contributed by atoms with Crippen LogP contribution in [0.15, 0.2) is 85.2 Å². The first-order valence-electron chi connectivity index (χ1n) is 10.6. The standard InChI is InChI=1S/C26H24N4OS/c1-17-14-18(2)16-20(15-17)30-25(24(28-26(30)32)22-6-3-4-12-27-22)23-7-5-13-29(23)19-8-10-21(31)11-9-19/h3-16,24-25,31H,1-2H3,(H,28,32)/t24-,25+/m1/s1. The second-order valence-corrected chi connectivity index (χ2v) is 8.55. The van der Waals surface area contributed by atoms with Gasteiger partial charge in [-0.25, -0.2) is 0 Å². The quantitative estimate of drug-likeness (QED) is 0.418. The van der Waals surface area contributed by atoms with Crippen LogP contribution >= 0.6 is 12.2 Å². The maximum atomic E-state index is 9.75. The van der Waals surface area contributed by atoms with Gasteiger partial charge in [0.25, 0.3) is 0 Å². The molecule has 2 N–H and O–H groups in total. The lowest BCUT2D eigenvalue weighted by Gasteiger charge is -2.29. The van der Waals surface area contributed by atoms with Crippen LogP contribution in [0, 0.1) is 13.8 Å². The van der Waals surface area contributed by atoms with Gasteiger partial charge >= 0.3 is 0 Å². The minimum atomic E-state index is -0.115. The van der Waals surface area contributed by atoms with E-state index in [9.17, 15) is 5.11 Å². The average molecular weight is 441 g/mol. The molecule has 1 aliphatic rings. The topological polar surface area (TPSA) is 53.3 Å². The Kier molecular flexibility index (Phi) is 5.15. The smallest absolute Gasteiger partial charge is 0.174 e. The van der Waals surface area contributed by atoms with Gasteiger partial charge in [0.15, 0.2) is 5.11 Å². The number of hydrogen-bond donors (Lipinski definition) is 2. The van der Waals surface area contributed by atoms with Gasteiger partial charge in [0.1, 0.15) is 11.8 Å². The van der Waals surface area contributed by atoms with Crippen LogP contribution in [0.4, 0.5) is 5.69 Å². The highest BCUT2D eigenvalue weighted by Crippen LogP contribution is 2.42. The van der Waals surface area contributed by atoms with Crippen LogP contribution in [-0.4, -0.2) is 19.8 Å². The van der Waals surface area contributed by atoms with E-state index >= 15 is 0 Å². The fraction of sp³-hybridized carbons (Fsp3) is 0.154. The SMILES string of the molecule is Cc1cc(C)cc(N2C(=S)N[C@H](c3ccccn3)[C@@H]2c2cccn2-c2ccc(O)cc2)c1. The summed E-state index contributed by atoms with van der Waals surface area (Å²) in [4.78, 5) is 6.84. The molecule has 2 atom stereocenters. The number of benzene rings is 2. The first-order chi connectivity index (χ1) is 15.5. The Morgan fingerprint density at radius 3 is 2.34 bits per heavy atom. The van der Waals surface area contributed by atoms with Gasteiger partial charge in [-0.15, -0.1) is 0 Å². The van der Waals surface area contributed by atoms with Gasteiger partial charge in [-0.2, -0.15) is 0 Å². The summed E-state index contributed by atoms with van der Waals surface area (Å²) in [5.74, 6) is 0.245. The van der Waals surface area contributed by atoms with E-state index in [1.165, 1.54) is 11.1 Å². The zero-order chi connectivity index (χ0) is 22.2. The number of rotatable bonds is 4. The molecular formula is C26H24N4OS. The summed E-state index contributed by atoms with van der Waals surface area (Å²) in [7, 11) is 0. The highest BCUT2D eigenvalue weighted by molar-refractivity contribution is 7.80. The third-order valence-electron chi connectivity index (χ3n) is 5.79. The lowest BCUT2D eigenvalue weighted by atomic mass is 10.00. The van der Waals surface area contributed by atoms with E-state index < -0.39 is 0 Å². The molecule has 0 spiro atoms. The first-order valence-corrected chi connectivity index (χ1v) is 11.0. The van der Waals surface area contributed by atoms with Crippen molar-refractivity contribution in [2.24, 2.45) is 0 Å². The Labute approximate surface area is 193 Å². The van der Waals surface area contributed by atoms with Crippen molar-refractivity contribution >= 4 is 23.0 Å². The second-order valence-electron chi connectivity index (χ2n) is 8.16. The summed E-state index contributed by atoms with van der Waals surface area (Å²) < 4.78 is 2.14. The molecule has 0 unspecified atom stereocenters. The molecule has 1 saturated heterocycles. The lowest BCUT2D eigenvalue weighted by molar-refractivity contribution is 0.475. The van der Waals surface area contributed by atoms with Crippen molar-refractivity contribution in [3.8, 4) is 11.4 Å². The number of aryl methyl sites for hydroxylation is 2. The van der Waals surface area contributed by atoms with Crippen molar-refractivity contribution in [1.29, 1.82) is 0 Å². The van der Waals surface area contributed by atoms with Gasteiger partial charge in [0.05, 0.1) is 11.7 Å². The average Bonchev–Trinajstić information content (AvgIpc) is 3.38. The van der Waals surface area contributed by atoms with Gasteiger partial charge in [-0.05, 0) is 97.9 Å². The molecule has 2 aromatic heterocycles. The fourth-order valence-electron chi connectivity index (χ4n) is 4.51. The van der Waals surface area contributed by atoms with E-state index in [-0.39, 0.29) is 17.8 Å². The number of anilines is 1. The van der Waals surface area contributed by atoms with Crippen LogP contribution in [0.2, 0.25) is 0 Å².